The molecule has 21 heavy (non-hydrogen) atoms. The Hall–Kier alpha value is -0.280. The first kappa shape index (κ1) is 15.6. The van der Waals surface area contributed by atoms with Gasteiger partial charge in [0.05, 0.1) is 6.61 Å². The van der Waals surface area contributed by atoms with E-state index in [1.165, 1.54) is 19.3 Å². The van der Waals surface area contributed by atoms with Gasteiger partial charge in [-0.15, -0.1) is 0 Å². The number of rotatable bonds is 7. The normalized spacial score (nSPS) is 30.4. The molecule has 1 aromatic rings. The molecule has 1 N–H and O–H groups in total. The fourth-order valence-corrected chi connectivity index (χ4v) is 4.49. The lowest BCUT2D eigenvalue weighted by Gasteiger charge is -2.32. The average molecular weight is 328 g/mol. The van der Waals surface area contributed by atoms with Crippen molar-refractivity contribution in [3.05, 3.63) is 33.8 Å². The quantitative estimate of drug-likeness (QED) is 0.758. The summed E-state index contributed by atoms with van der Waals surface area (Å²) in [7, 11) is 1.74. The second-order valence-electron chi connectivity index (χ2n) is 6.71. The molecule has 2 aliphatic rings. The van der Waals surface area contributed by atoms with E-state index in [9.17, 15) is 0 Å². The number of hydrogen-bond donors (Lipinski definition) is 1. The van der Waals surface area contributed by atoms with E-state index in [0.717, 1.165) is 53.6 Å². The summed E-state index contributed by atoms with van der Waals surface area (Å²) < 4.78 is 5.12. The zero-order valence-corrected chi connectivity index (χ0v) is 14.0. The SMILES string of the molecule is COCCNCC1(Cc2c(Cl)cccc2Cl)CC2CC2C1. The highest BCUT2D eigenvalue weighted by Crippen LogP contribution is 2.61. The monoisotopic (exact) mass is 327 g/mol. The van der Waals surface area contributed by atoms with E-state index in [1.807, 2.05) is 18.2 Å². The Morgan fingerprint density at radius 1 is 1.24 bits per heavy atom. The van der Waals surface area contributed by atoms with Crippen LogP contribution in [0.2, 0.25) is 10.0 Å². The highest BCUT2D eigenvalue weighted by atomic mass is 35.5. The molecule has 0 saturated heterocycles. The van der Waals surface area contributed by atoms with Crippen LogP contribution in [-0.4, -0.2) is 26.8 Å². The van der Waals surface area contributed by atoms with Crippen molar-refractivity contribution >= 4 is 23.2 Å². The molecule has 2 saturated carbocycles. The van der Waals surface area contributed by atoms with Gasteiger partial charge in [0, 0.05) is 30.2 Å². The van der Waals surface area contributed by atoms with Crippen molar-refractivity contribution in [2.45, 2.75) is 25.7 Å². The van der Waals surface area contributed by atoms with E-state index in [-0.39, 0.29) is 0 Å². The lowest BCUT2D eigenvalue weighted by molar-refractivity contribution is 0.186. The molecule has 2 unspecified atom stereocenters. The topological polar surface area (TPSA) is 21.3 Å². The summed E-state index contributed by atoms with van der Waals surface area (Å²) >= 11 is 12.8. The van der Waals surface area contributed by atoms with Gasteiger partial charge >= 0.3 is 0 Å². The van der Waals surface area contributed by atoms with Crippen molar-refractivity contribution in [3.63, 3.8) is 0 Å². The van der Waals surface area contributed by atoms with Gasteiger partial charge in [-0.25, -0.2) is 0 Å². The molecule has 2 fully saturated rings. The summed E-state index contributed by atoms with van der Waals surface area (Å²) in [6, 6.07) is 5.82. The minimum Gasteiger partial charge on any atom is -0.383 e. The van der Waals surface area contributed by atoms with E-state index in [0.29, 0.717) is 5.41 Å². The first-order chi connectivity index (χ1) is 10.1. The Labute approximate surface area is 137 Å². The number of methoxy groups -OCH3 is 1. The van der Waals surface area contributed by atoms with Crippen LogP contribution in [0.3, 0.4) is 0 Å². The maximum absolute atomic E-state index is 6.38. The molecule has 0 radical (unpaired) electrons. The van der Waals surface area contributed by atoms with Gasteiger partial charge in [0.15, 0.2) is 0 Å². The van der Waals surface area contributed by atoms with Crippen LogP contribution in [-0.2, 0) is 11.2 Å². The molecule has 2 aliphatic carbocycles. The number of halogens is 2. The summed E-state index contributed by atoms with van der Waals surface area (Å²) in [5.41, 5.74) is 1.44. The van der Waals surface area contributed by atoms with Crippen molar-refractivity contribution in [2.75, 3.05) is 26.8 Å². The van der Waals surface area contributed by atoms with Crippen LogP contribution in [0, 0.1) is 17.3 Å². The van der Waals surface area contributed by atoms with Crippen molar-refractivity contribution < 1.29 is 4.74 Å². The number of ether oxygens (including phenoxy) is 1. The van der Waals surface area contributed by atoms with E-state index in [2.05, 4.69) is 5.32 Å². The largest absolute Gasteiger partial charge is 0.383 e. The molecular formula is C17H23Cl2NO. The van der Waals surface area contributed by atoms with Gasteiger partial charge in [0.1, 0.15) is 0 Å². The molecule has 116 valence electrons. The smallest absolute Gasteiger partial charge is 0.0587 e. The van der Waals surface area contributed by atoms with Crippen LogP contribution in [0.25, 0.3) is 0 Å². The summed E-state index contributed by atoms with van der Waals surface area (Å²) in [6.07, 6.45) is 5.02. The lowest BCUT2D eigenvalue weighted by atomic mass is 9.77. The molecule has 0 aliphatic heterocycles. The molecule has 3 rings (SSSR count). The van der Waals surface area contributed by atoms with Gasteiger partial charge in [-0.1, -0.05) is 29.3 Å². The minimum atomic E-state index is 0.315. The molecular weight excluding hydrogens is 305 g/mol. The van der Waals surface area contributed by atoms with Crippen LogP contribution in [0.15, 0.2) is 18.2 Å². The fourth-order valence-electron chi connectivity index (χ4n) is 3.96. The molecule has 0 bridgehead atoms. The van der Waals surface area contributed by atoms with Crippen molar-refractivity contribution in [1.82, 2.24) is 5.32 Å². The maximum atomic E-state index is 6.38. The van der Waals surface area contributed by atoms with Crippen LogP contribution in [0.1, 0.15) is 24.8 Å². The summed E-state index contributed by atoms with van der Waals surface area (Å²) in [6.45, 7) is 2.70. The zero-order chi connectivity index (χ0) is 14.9. The predicted octanol–water partition coefficient (Wildman–Crippen LogP) is 4.19. The van der Waals surface area contributed by atoms with Gasteiger partial charge in [-0.3, -0.25) is 0 Å². The summed E-state index contributed by atoms with van der Waals surface area (Å²) in [5, 5.41) is 5.17. The Bertz CT molecular complexity index is 475. The van der Waals surface area contributed by atoms with Crippen LogP contribution < -0.4 is 5.32 Å². The standard InChI is InChI=1S/C17H23Cl2NO/c1-21-6-5-20-11-17(8-12-7-13(12)9-17)10-14-15(18)3-2-4-16(14)19/h2-4,12-13,20H,5-11H2,1H3. The third kappa shape index (κ3) is 3.56. The molecule has 1 aromatic carbocycles. The van der Waals surface area contributed by atoms with Crippen molar-refractivity contribution in [2.24, 2.45) is 17.3 Å². The van der Waals surface area contributed by atoms with Crippen molar-refractivity contribution in [3.8, 4) is 0 Å². The Morgan fingerprint density at radius 3 is 2.52 bits per heavy atom. The Morgan fingerprint density at radius 2 is 1.90 bits per heavy atom. The lowest BCUT2D eigenvalue weighted by Crippen LogP contribution is -2.36. The number of nitrogens with one attached hydrogen (secondary N) is 1. The molecule has 2 atom stereocenters. The van der Waals surface area contributed by atoms with Gasteiger partial charge in [-0.2, -0.15) is 0 Å². The molecule has 4 heteroatoms. The predicted molar refractivity (Wildman–Crippen MR) is 88.2 cm³/mol. The van der Waals surface area contributed by atoms with Crippen molar-refractivity contribution in [1.29, 1.82) is 0 Å². The molecule has 0 heterocycles. The molecule has 0 spiro atoms. The van der Waals surface area contributed by atoms with Crippen LogP contribution in [0.5, 0.6) is 0 Å². The van der Waals surface area contributed by atoms with Gasteiger partial charge in [-0.05, 0) is 60.6 Å². The maximum Gasteiger partial charge on any atom is 0.0587 e. The van der Waals surface area contributed by atoms with Crippen LogP contribution in [0.4, 0.5) is 0 Å². The first-order valence-electron chi connectivity index (χ1n) is 7.76. The second kappa shape index (κ2) is 6.45. The minimum absolute atomic E-state index is 0.315. The second-order valence-corrected chi connectivity index (χ2v) is 7.53. The van der Waals surface area contributed by atoms with Crippen LogP contribution >= 0.6 is 23.2 Å². The van der Waals surface area contributed by atoms with E-state index >= 15 is 0 Å². The van der Waals surface area contributed by atoms with E-state index < -0.39 is 0 Å². The fraction of sp³-hybridized carbons (Fsp3) is 0.647. The van der Waals surface area contributed by atoms with E-state index in [1.54, 1.807) is 7.11 Å². The van der Waals surface area contributed by atoms with E-state index in [4.69, 9.17) is 27.9 Å². The Kier molecular flexibility index (Phi) is 4.80. The molecule has 0 amide bonds. The van der Waals surface area contributed by atoms with Gasteiger partial charge in [0.25, 0.3) is 0 Å². The first-order valence-corrected chi connectivity index (χ1v) is 8.52. The number of benzene rings is 1. The highest BCUT2D eigenvalue weighted by Gasteiger charge is 2.53. The number of fused-ring (bicyclic) bond motifs is 1. The van der Waals surface area contributed by atoms with Gasteiger partial charge in [0.2, 0.25) is 0 Å². The molecule has 2 nitrogen and oxygen atoms in total. The highest BCUT2D eigenvalue weighted by molar-refractivity contribution is 6.36. The molecule has 0 aromatic heterocycles. The summed E-state index contributed by atoms with van der Waals surface area (Å²) in [5.74, 6) is 1.88. The Balaban J connectivity index is 1.71. The number of hydrogen-bond acceptors (Lipinski definition) is 2. The third-order valence-electron chi connectivity index (χ3n) is 5.06. The third-order valence-corrected chi connectivity index (χ3v) is 5.76. The van der Waals surface area contributed by atoms with Gasteiger partial charge < -0.3 is 10.1 Å². The average Bonchev–Trinajstić information content (AvgIpc) is 3.08. The summed E-state index contributed by atoms with van der Waals surface area (Å²) in [4.78, 5) is 0. The zero-order valence-electron chi connectivity index (χ0n) is 12.5.